The van der Waals surface area contributed by atoms with Gasteiger partial charge in [-0.2, -0.15) is 0 Å². The number of benzene rings is 2. The highest BCUT2D eigenvalue weighted by molar-refractivity contribution is 5.98. The highest BCUT2D eigenvalue weighted by Crippen LogP contribution is 2.18. The molecule has 0 aliphatic carbocycles. The Morgan fingerprint density at radius 2 is 1.59 bits per heavy atom. The van der Waals surface area contributed by atoms with Crippen molar-refractivity contribution in [2.75, 3.05) is 6.61 Å². The molecule has 0 radical (unpaired) electrons. The van der Waals surface area contributed by atoms with E-state index in [9.17, 15) is 9.59 Å². The highest BCUT2D eigenvalue weighted by atomic mass is 16.5. The zero-order valence-electron chi connectivity index (χ0n) is 13.2. The van der Waals surface area contributed by atoms with Gasteiger partial charge in [0.15, 0.2) is 5.78 Å². The van der Waals surface area contributed by atoms with E-state index in [0.29, 0.717) is 11.1 Å². The average molecular weight is 296 g/mol. The van der Waals surface area contributed by atoms with E-state index in [1.54, 1.807) is 24.3 Å². The molecule has 0 atom stereocenters. The zero-order chi connectivity index (χ0) is 16.1. The van der Waals surface area contributed by atoms with Gasteiger partial charge in [-0.05, 0) is 49.6 Å². The molecule has 2 aromatic rings. The Hall–Kier alpha value is -2.42. The summed E-state index contributed by atoms with van der Waals surface area (Å²) in [5.41, 5.74) is 4.51. The summed E-state index contributed by atoms with van der Waals surface area (Å²) in [6, 6.07) is 12.6. The number of aryl methyl sites for hydroxylation is 1. The third-order valence-corrected chi connectivity index (χ3v) is 3.93. The smallest absolute Gasteiger partial charge is 0.338 e. The Labute approximate surface area is 130 Å². The van der Waals surface area contributed by atoms with Crippen molar-refractivity contribution in [3.63, 3.8) is 0 Å². The minimum Gasteiger partial charge on any atom is -0.462 e. The first-order valence-electron chi connectivity index (χ1n) is 7.33. The summed E-state index contributed by atoms with van der Waals surface area (Å²) in [6.45, 7) is 6.08. The molecule has 0 N–H and O–H groups in total. The van der Waals surface area contributed by atoms with E-state index in [1.165, 1.54) is 5.56 Å². The number of rotatable bonds is 5. The van der Waals surface area contributed by atoms with Crippen LogP contribution in [0.25, 0.3) is 0 Å². The zero-order valence-corrected chi connectivity index (χ0v) is 13.2. The standard InChI is InChI=1S/C19H20O3/c1-13-9-10-17(15(3)14(13)2)18(20)11-12-22-19(21)16-7-5-4-6-8-16/h4-10H,11-12H2,1-3H3. The number of ketones is 1. The topological polar surface area (TPSA) is 43.4 Å². The van der Waals surface area contributed by atoms with Crippen LogP contribution < -0.4 is 0 Å². The molecule has 22 heavy (non-hydrogen) atoms. The largest absolute Gasteiger partial charge is 0.462 e. The van der Waals surface area contributed by atoms with E-state index in [0.717, 1.165) is 11.1 Å². The van der Waals surface area contributed by atoms with Crippen molar-refractivity contribution in [3.8, 4) is 0 Å². The van der Waals surface area contributed by atoms with Crippen molar-refractivity contribution in [2.45, 2.75) is 27.2 Å². The quantitative estimate of drug-likeness (QED) is 0.617. The van der Waals surface area contributed by atoms with Crippen LogP contribution in [-0.2, 0) is 4.74 Å². The van der Waals surface area contributed by atoms with Crippen LogP contribution in [0.1, 0.15) is 43.8 Å². The molecule has 0 aromatic heterocycles. The maximum atomic E-state index is 12.3. The summed E-state index contributed by atoms with van der Waals surface area (Å²) < 4.78 is 5.15. The second kappa shape index (κ2) is 7.03. The minimum absolute atomic E-state index is 0.00135. The Balaban J connectivity index is 1.94. The molecule has 0 aliphatic rings. The normalized spacial score (nSPS) is 10.3. The maximum absolute atomic E-state index is 12.3. The molecule has 2 aromatic carbocycles. The molecule has 0 aliphatic heterocycles. The molecular weight excluding hydrogens is 276 g/mol. The fraction of sp³-hybridized carbons (Fsp3) is 0.263. The Morgan fingerprint density at radius 1 is 0.909 bits per heavy atom. The molecule has 0 amide bonds. The van der Waals surface area contributed by atoms with Gasteiger partial charge in [0, 0.05) is 12.0 Å². The van der Waals surface area contributed by atoms with Crippen LogP contribution in [0.4, 0.5) is 0 Å². The van der Waals surface area contributed by atoms with Gasteiger partial charge >= 0.3 is 5.97 Å². The third kappa shape index (κ3) is 3.61. The summed E-state index contributed by atoms with van der Waals surface area (Å²) in [5, 5.41) is 0. The monoisotopic (exact) mass is 296 g/mol. The molecule has 0 heterocycles. The van der Waals surface area contributed by atoms with E-state index in [1.807, 2.05) is 39.0 Å². The van der Waals surface area contributed by atoms with Gasteiger partial charge in [0.25, 0.3) is 0 Å². The molecule has 0 unspecified atom stereocenters. The van der Waals surface area contributed by atoms with Gasteiger partial charge < -0.3 is 4.74 Å². The van der Waals surface area contributed by atoms with E-state index in [2.05, 4.69) is 0 Å². The van der Waals surface area contributed by atoms with Gasteiger partial charge in [0.05, 0.1) is 12.2 Å². The number of ether oxygens (including phenoxy) is 1. The summed E-state index contributed by atoms with van der Waals surface area (Å²) >= 11 is 0. The van der Waals surface area contributed by atoms with E-state index in [4.69, 9.17) is 4.74 Å². The number of hydrogen-bond donors (Lipinski definition) is 0. The first-order valence-corrected chi connectivity index (χ1v) is 7.33. The van der Waals surface area contributed by atoms with Crippen LogP contribution in [0.5, 0.6) is 0 Å². The second-order valence-corrected chi connectivity index (χ2v) is 5.36. The summed E-state index contributed by atoms with van der Waals surface area (Å²) in [6.07, 6.45) is 0.196. The Kier molecular flexibility index (Phi) is 5.10. The van der Waals surface area contributed by atoms with Crippen molar-refractivity contribution in [2.24, 2.45) is 0 Å². The number of carbonyl (C=O) groups is 2. The van der Waals surface area contributed by atoms with Crippen molar-refractivity contribution in [1.29, 1.82) is 0 Å². The molecule has 3 nitrogen and oxygen atoms in total. The van der Waals surface area contributed by atoms with Gasteiger partial charge in [0.1, 0.15) is 0 Å². The fourth-order valence-corrected chi connectivity index (χ4v) is 2.29. The van der Waals surface area contributed by atoms with Crippen molar-refractivity contribution in [1.82, 2.24) is 0 Å². The van der Waals surface area contributed by atoms with Gasteiger partial charge in [-0.3, -0.25) is 4.79 Å². The number of carbonyl (C=O) groups excluding carboxylic acids is 2. The molecule has 0 saturated heterocycles. The summed E-state index contributed by atoms with van der Waals surface area (Å²) in [7, 11) is 0. The van der Waals surface area contributed by atoms with Gasteiger partial charge in [0.2, 0.25) is 0 Å². The summed E-state index contributed by atoms with van der Waals surface area (Å²) in [4.78, 5) is 24.1. The first kappa shape index (κ1) is 16.0. The average Bonchev–Trinajstić information content (AvgIpc) is 2.53. The SMILES string of the molecule is Cc1ccc(C(=O)CCOC(=O)c2ccccc2)c(C)c1C. The maximum Gasteiger partial charge on any atom is 0.338 e. The van der Waals surface area contributed by atoms with Crippen LogP contribution in [0.3, 0.4) is 0 Å². The van der Waals surface area contributed by atoms with E-state index >= 15 is 0 Å². The Bertz CT molecular complexity index is 687. The second-order valence-electron chi connectivity index (χ2n) is 5.36. The number of esters is 1. The fourth-order valence-electron chi connectivity index (χ4n) is 2.29. The number of Topliss-reactive ketones (excluding diaryl/α,β-unsaturated/α-hetero) is 1. The molecule has 114 valence electrons. The van der Waals surface area contributed by atoms with Crippen molar-refractivity contribution in [3.05, 3.63) is 70.3 Å². The van der Waals surface area contributed by atoms with E-state index < -0.39 is 5.97 Å². The highest BCUT2D eigenvalue weighted by Gasteiger charge is 2.13. The molecule has 2 rings (SSSR count). The van der Waals surface area contributed by atoms with Crippen LogP contribution >= 0.6 is 0 Å². The van der Waals surface area contributed by atoms with Crippen LogP contribution in [-0.4, -0.2) is 18.4 Å². The van der Waals surface area contributed by atoms with E-state index in [-0.39, 0.29) is 18.8 Å². The predicted octanol–water partition coefficient (Wildman–Crippen LogP) is 4.04. The Morgan fingerprint density at radius 3 is 2.27 bits per heavy atom. The minimum atomic E-state index is -0.398. The lowest BCUT2D eigenvalue weighted by molar-refractivity contribution is 0.0496. The lowest BCUT2D eigenvalue weighted by atomic mass is 9.95. The first-order chi connectivity index (χ1) is 10.5. The molecular formula is C19H20O3. The van der Waals surface area contributed by atoms with Crippen LogP contribution in [0.2, 0.25) is 0 Å². The molecule has 0 bridgehead atoms. The van der Waals surface area contributed by atoms with Crippen LogP contribution in [0.15, 0.2) is 42.5 Å². The molecule has 3 heteroatoms. The lowest BCUT2D eigenvalue weighted by Crippen LogP contribution is -2.11. The van der Waals surface area contributed by atoms with Gasteiger partial charge in [-0.25, -0.2) is 4.79 Å². The van der Waals surface area contributed by atoms with Crippen molar-refractivity contribution < 1.29 is 14.3 Å². The third-order valence-electron chi connectivity index (χ3n) is 3.93. The predicted molar refractivity (Wildman–Crippen MR) is 86.3 cm³/mol. The van der Waals surface area contributed by atoms with Gasteiger partial charge in [-0.1, -0.05) is 30.3 Å². The number of hydrogen-bond acceptors (Lipinski definition) is 3. The lowest BCUT2D eigenvalue weighted by Gasteiger charge is -2.10. The molecule has 0 saturated carbocycles. The molecule has 0 spiro atoms. The van der Waals surface area contributed by atoms with Crippen LogP contribution in [0, 0.1) is 20.8 Å². The van der Waals surface area contributed by atoms with Gasteiger partial charge in [-0.15, -0.1) is 0 Å². The molecule has 0 fully saturated rings. The summed E-state index contributed by atoms with van der Waals surface area (Å²) in [5.74, 6) is -0.397. The van der Waals surface area contributed by atoms with Crippen molar-refractivity contribution >= 4 is 11.8 Å².